The molecule has 0 spiro atoms. The topological polar surface area (TPSA) is 72.5 Å². The van der Waals surface area contributed by atoms with Crippen LogP contribution in [0.2, 0.25) is 0 Å². The Kier molecular flexibility index (Phi) is 5.30. The molecule has 20 heavy (non-hydrogen) atoms. The second-order valence-electron chi connectivity index (χ2n) is 5.48. The third-order valence-corrected chi connectivity index (χ3v) is 4.10. The lowest BCUT2D eigenvalue weighted by Gasteiger charge is -2.20. The Morgan fingerprint density at radius 3 is 2.20 bits per heavy atom. The van der Waals surface area contributed by atoms with Gasteiger partial charge in [-0.2, -0.15) is 0 Å². The van der Waals surface area contributed by atoms with Crippen LogP contribution in [-0.4, -0.2) is 26.5 Å². The molecular formula is C14H21NO4S. The molecule has 5 nitrogen and oxygen atoms in total. The van der Waals surface area contributed by atoms with Crippen molar-refractivity contribution in [1.29, 1.82) is 0 Å². The molecule has 0 saturated heterocycles. The summed E-state index contributed by atoms with van der Waals surface area (Å²) >= 11 is 0. The molecule has 1 aromatic rings. The van der Waals surface area contributed by atoms with Gasteiger partial charge in [0.15, 0.2) is 0 Å². The lowest BCUT2D eigenvalue weighted by molar-refractivity contribution is -0.142. The second kappa shape index (κ2) is 6.37. The van der Waals surface area contributed by atoms with Crippen molar-refractivity contribution in [2.24, 2.45) is 0 Å². The van der Waals surface area contributed by atoms with Gasteiger partial charge in [-0.25, -0.2) is 13.1 Å². The summed E-state index contributed by atoms with van der Waals surface area (Å²) in [6.07, 6.45) is 0.140. The summed E-state index contributed by atoms with van der Waals surface area (Å²) in [4.78, 5) is 11.5. The van der Waals surface area contributed by atoms with Gasteiger partial charge < -0.3 is 4.74 Å². The number of rotatable bonds is 5. The quantitative estimate of drug-likeness (QED) is 0.842. The molecule has 1 N–H and O–H groups in total. The second-order valence-corrected chi connectivity index (χ2v) is 7.16. The molecule has 0 aliphatic carbocycles. The van der Waals surface area contributed by atoms with Crippen LogP contribution >= 0.6 is 0 Å². The Hall–Kier alpha value is -1.40. The molecule has 1 aromatic carbocycles. The molecular weight excluding hydrogens is 278 g/mol. The van der Waals surface area contributed by atoms with E-state index in [-0.39, 0.29) is 17.3 Å². The minimum absolute atomic E-state index is 0.140. The van der Waals surface area contributed by atoms with Crippen LogP contribution in [0.3, 0.4) is 0 Å². The largest absolute Gasteiger partial charge is 0.466 e. The molecule has 0 amide bonds. The predicted octanol–water partition coefficient (Wildman–Crippen LogP) is 1.87. The van der Waals surface area contributed by atoms with Crippen molar-refractivity contribution in [2.45, 2.75) is 44.6 Å². The van der Waals surface area contributed by atoms with Gasteiger partial charge in [0.1, 0.15) is 0 Å². The van der Waals surface area contributed by atoms with E-state index >= 15 is 0 Å². The molecule has 0 aliphatic rings. The number of sulfonamides is 1. The van der Waals surface area contributed by atoms with Gasteiger partial charge in [0.25, 0.3) is 0 Å². The van der Waals surface area contributed by atoms with Crippen molar-refractivity contribution in [2.75, 3.05) is 6.61 Å². The number of ether oxygens (including phenoxy) is 1. The van der Waals surface area contributed by atoms with Gasteiger partial charge in [-0.3, -0.25) is 4.79 Å². The van der Waals surface area contributed by atoms with E-state index in [4.69, 9.17) is 4.74 Å². The summed E-state index contributed by atoms with van der Waals surface area (Å²) < 4.78 is 31.6. The fourth-order valence-corrected chi connectivity index (χ4v) is 3.05. The number of hydrogen-bond donors (Lipinski definition) is 1. The van der Waals surface area contributed by atoms with Crippen LogP contribution < -0.4 is 4.72 Å². The minimum atomic E-state index is -3.54. The highest BCUT2D eigenvalue weighted by Gasteiger charge is 2.21. The predicted molar refractivity (Wildman–Crippen MR) is 76.9 cm³/mol. The molecule has 1 rings (SSSR count). The minimum Gasteiger partial charge on any atom is -0.466 e. The van der Waals surface area contributed by atoms with E-state index < -0.39 is 15.6 Å². The standard InChI is InChI=1S/C14H21NO4S/c1-5-19-13(16)10-11-6-8-12(9-7-11)20(17,18)15-14(2,3)4/h6-9,15H,5,10H2,1-4H3. The SMILES string of the molecule is CCOC(=O)Cc1ccc(S(=O)(=O)NC(C)(C)C)cc1. The van der Waals surface area contributed by atoms with Crippen molar-refractivity contribution < 1.29 is 17.9 Å². The Morgan fingerprint density at radius 2 is 1.75 bits per heavy atom. The number of benzene rings is 1. The van der Waals surface area contributed by atoms with E-state index in [0.29, 0.717) is 6.61 Å². The third-order valence-electron chi connectivity index (χ3n) is 2.33. The molecule has 0 heterocycles. The first kappa shape index (κ1) is 16.7. The van der Waals surface area contributed by atoms with E-state index in [9.17, 15) is 13.2 Å². The van der Waals surface area contributed by atoms with Gasteiger partial charge in [-0.05, 0) is 45.4 Å². The number of esters is 1. The lowest BCUT2D eigenvalue weighted by atomic mass is 10.1. The van der Waals surface area contributed by atoms with Gasteiger partial charge >= 0.3 is 5.97 Å². The van der Waals surface area contributed by atoms with E-state index in [2.05, 4.69) is 4.72 Å². The molecule has 0 fully saturated rings. The zero-order chi connectivity index (χ0) is 15.4. The Labute approximate surface area is 120 Å². The van der Waals surface area contributed by atoms with Gasteiger partial charge in [-0.1, -0.05) is 12.1 Å². The fraction of sp³-hybridized carbons (Fsp3) is 0.500. The summed E-state index contributed by atoms with van der Waals surface area (Å²) in [5, 5.41) is 0. The maximum absolute atomic E-state index is 12.1. The van der Waals surface area contributed by atoms with Crippen LogP contribution in [0.25, 0.3) is 0 Å². The van der Waals surface area contributed by atoms with Gasteiger partial charge in [0, 0.05) is 5.54 Å². The van der Waals surface area contributed by atoms with Gasteiger partial charge in [0.2, 0.25) is 10.0 Å². The summed E-state index contributed by atoms with van der Waals surface area (Å²) in [7, 11) is -3.54. The third kappa shape index (κ3) is 5.30. The lowest BCUT2D eigenvalue weighted by Crippen LogP contribution is -2.40. The average Bonchev–Trinajstić information content (AvgIpc) is 2.26. The van der Waals surface area contributed by atoms with E-state index in [0.717, 1.165) is 5.56 Å². The van der Waals surface area contributed by atoms with Gasteiger partial charge in [-0.15, -0.1) is 0 Å². The fourth-order valence-electron chi connectivity index (χ4n) is 1.63. The zero-order valence-corrected chi connectivity index (χ0v) is 13.1. The smallest absolute Gasteiger partial charge is 0.310 e. The molecule has 0 unspecified atom stereocenters. The van der Waals surface area contributed by atoms with Crippen LogP contribution in [0.1, 0.15) is 33.3 Å². The van der Waals surface area contributed by atoms with Crippen molar-refractivity contribution in [3.05, 3.63) is 29.8 Å². The van der Waals surface area contributed by atoms with Crippen molar-refractivity contribution >= 4 is 16.0 Å². The summed E-state index contributed by atoms with van der Waals surface area (Å²) in [5.74, 6) is -0.323. The normalized spacial score (nSPS) is 12.2. The molecule has 0 aliphatic heterocycles. The van der Waals surface area contributed by atoms with Crippen LogP contribution in [0, 0.1) is 0 Å². The number of hydrogen-bond acceptors (Lipinski definition) is 4. The summed E-state index contributed by atoms with van der Waals surface area (Å²) in [6, 6.07) is 6.22. The van der Waals surface area contributed by atoms with E-state index in [1.807, 2.05) is 0 Å². The highest BCUT2D eigenvalue weighted by Crippen LogP contribution is 2.14. The maximum Gasteiger partial charge on any atom is 0.310 e. The number of nitrogens with one attached hydrogen (secondary N) is 1. The molecule has 6 heteroatoms. The Bertz CT molecular complexity index is 556. The van der Waals surface area contributed by atoms with Crippen LogP contribution in [0.5, 0.6) is 0 Å². The van der Waals surface area contributed by atoms with Crippen molar-refractivity contribution in [3.63, 3.8) is 0 Å². The Morgan fingerprint density at radius 1 is 1.20 bits per heavy atom. The molecule has 112 valence electrons. The summed E-state index contributed by atoms with van der Waals surface area (Å²) in [6.45, 7) is 7.41. The first-order chi connectivity index (χ1) is 9.14. The molecule has 0 bridgehead atoms. The molecule has 0 saturated carbocycles. The van der Waals surface area contributed by atoms with Crippen LogP contribution in [0.15, 0.2) is 29.2 Å². The number of carbonyl (C=O) groups is 1. The first-order valence-electron chi connectivity index (χ1n) is 6.42. The highest BCUT2D eigenvalue weighted by atomic mass is 32.2. The maximum atomic E-state index is 12.1. The van der Waals surface area contributed by atoms with Crippen LogP contribution in [-0.2, 0) is 26.0 Å². The first-order valence-corrected chi connectivity index (χ1v) is 7.91. The number of carbonyl (C=O) groups excluding carboxylic acids is 1. The van der Waals surface area contributed by atoms with Crippen molar-refractivity contribution in [3.8, 4) is 0 Å². The van der Waals surface area contributed by atoms with Gasteiger partial charge in [0.05, 0.1) is 17.9 Å². The zero-order valence-electron chi connectivity index (χ0n) is 12.3. The summed E-state index contributed by atoms with van der Waals surface area (Å²) in [5.41, 5.74) is 0.181. The molecule has 0 atom stereocenters. The molecule has 0 aromatic heterocycles. The van der Waals surface area contributed by atoms with E-state index in [1.54, 1.807) is 39.8 Å². The highest BCUT2D eigenvalue weighted by molar-refractivity contribution is 7.89. The average molecular weight is 299 g/mol. The monoisotopic (exact) mass is 299 g/mol. The van der Waals surface area contributed by atoms with Crippen LogP contribution in [0.4, 0.5) is 0 Å². The molecule has 0 radical (unpaired) electrons. The van der Waals surface area contributed by atoms with E-state index in [1.165, 1.54) is 12.1 Å². The van der Waals surface area contributed by atoms with Crippen molar-refractivity contribution in [1.82, 2.24) is 4.72 Å². The Balaban J connectivity index is 2.83.